The third-order valence-electron chi connectivity index (χ3n) is 3.61. The van der Waals surface area contributed by atoms with Gasteiger partial charge in [-0.2, -0.15) is 0 Å². The van der Waals surface area contributed by atoms with Gasteiger partial charge in [0.05, 0.1) is 29.3 Å². The Labute approximate surface area is 113 Å². The van der Waals surface area contributed by atoms with Crippen LogP contribution in [0.25, 0.3) is 0 Å². The Hall–Kier alpha value is -2.23. The molecule has 0 radical (unpaired) electrons. The molecule has 1 aromatic carbocycles. The second-order valence-electron chi connectivity index (χ2n) is 4.87. The molecule has 0 fully saturated rings. The van der Waals surface area contributed by atoms with E-state index in [0.717, 1.165) is 31.0 Å². The number of pyridine rings is 1. The molecular weight excluding hydrogens is 236 g/mol. The number of hydrogen-bond donors (Lipinski definition) is 1. The highest BCUT2D eigenvalue weighted by molar-refractivity contribution is 5.73. The number of rotatable bonds is 2. The van der Waals surface area contributed by atoms with Gasteiger partial charge in [0.2, 0.25) is 0 Å². The van der Waals surface area contributed by atoms with E-state index in [0.29, 0.717) is 0 Å². The van der Waals surface area contributed by atoms with E-state index < -0.39 is 0 Å². The highest BCUT2D eigenvalue weighted by Gasteiger charge is 2.20. The molecular formula is C15H18N4. The van der Waals surface area contributed by atoms with Crippen molar-refractivity contribution in [3.05, 3.63) is 48.3 Å². The molecule has 2 aromatic rings. The van der Waals surface area contributed by atoms with Crippen molar-refractivity contribution in [1.29, 1.82) is 0 Å². The number of nitrogens with two attached hydrogens (primary N) is 1. The Kier molecular flexibility index (Phi) is 2.99. The van der Waals surface area contributed by atoms with Crippen LogP contribution in [0.3, 0.4) is 0 Å². The third-order valence-corrected chi connectivity index (χ3v) is 3.61. The molecule has 1 aliphatic rings. The predicted octanol–water partition coefficient (Wildman–Crippen LogP) is 2.12. The highest BCUT2D eigenvalue weighted by atomic mass is 15.3. The van der Waals surface area contributed by atoms with Gasteiger partial charge < -0.3 is 15.5 Å². The second kappa shape index (κ2) is 4.80. The van der Waals surface area contributed by atoms with Crippen LogP contribution in [0.1, 0.15) is 5.69 Å². The Morgan fingerprint density at radius 3 is 2.68 bits per heavy atom. The van der Waals surface area contributed by atoms with Crippen molar-refractivity contribution in [2.24, 2.45) is 0 Å². The lowest BCUT2D eigenvalue weighted by Crippen LogP contribution is -2.39. The minimum atomic E-state index is 0.761. The topological polar surface area (TPSA) is 45.4 Å². The number of para-hydroxylation sites is 2. The largest absolute Gasteiger partial charge is 0.397 e. The van der Waals surface area contributed by atoms with Crippen LogP contribution in [0, 0.1) is 0 Å². The van der Waals surface area contributed by atoms with Crippen molar-refractivity contribution < 1.29 is 0 Å². The number of hydrogen-bond acceptors (Lipinski definition) is 4. The fourth-order valence-electron chi connectivity index (χ4n) is 2.49. The summed E-state index contributed by atoms with van der Waals surface area (Å²) in [6, 6.07) is 12.2. The van der Waals surface area contributed by atoms with Gasteiger partial charge in [0.15, 0.2) is 0 Å². The summed E-state index contributed by atoms with van der Waals surface area (Å²) in [5.74, 6) is 0. The Morgan fingerprint density at radius 1 is 1.11 bits per heavy atom. The zero-order chi connectivity index (χ0) is 13.2. The number of benzene rings is 1. The molecule has 0 bridgehead atoms. The molecule has 2 N–H and O–H groups in total. The summed E-state index contributed by atoms with van der Waals surface area (Å²) in [7, 11) is 2.13. The highest BCUT2D eigenvalue weighted by Crippen LogP contribution is 2.32. The van der Waals surface area contributed by atoms with Crippen LogP contribution in [-0.2, 0) is 6.54 Å². The van der Waals surface area contributed by atoms with Crippen LogP contribution in [0.2, 0.25) is 0 Å². The maximum atomic E-state index is 5.99. The van der Waals surface area contributed by atoms with Crippen LogP contribution in [-0.4, -0.2) is 25.1 Å². The molecule has 0 amide bonds. The van der Waals surface area contributed by atoms with Gasteiger partial charge in [-0.25, -0.2) is 0 Å². The molecule has 4 heteroatoms. The zero-order valence-corrected chi connectivity index (χ0v) is 11.1. The molecule has 4 nitrogen and oxygen atoms in total. The normalized spacial score (nSPS) is 14.4. The molecule has 3 rings (SSSR count). The molecule has 0 aliphatic carbocycles. The van der Waals surface area contributed by atoms with E-state index in [1.807, 2.05) is 12.1 Å². The maximum Gasteiger partial charge on any atom is 0.0825 e. The third kappa shape index (κ3) is 2.21. The second-order valence-corrected chi connectivity index (χ2v) is 4.87. The van der Waals surface area contributed by atoms with Gasteiger partial charge in [0.1, 0.15) is 0 Å². The van der Waals surface area contributed by atoms with Gasteiger partial charge in [-0.1, -0.05) is 12.1 Å². The molecule has 2 heterocycles. The first-order valence-electron chi connectivity index (χ1n) is 6.50. The summed E-state index contributed by atoms with van der Waals surface area (Å²) in [6.45, 7) is 2.77. The average molecular weight is 254 g/mol. The van der Waals surface area contributed by atoms with Crippen molar-refractivity contribution in [3.63, 3.8) is 0 Å². The fourth-order valence-corrected chi connectivity index (χ4v) is 2.49. The number of nitrogen functional groups attached to an aromatic ring is 1. The number of nitrogens with zero attached hydrogens (tertiary/aromatic N) is 3. The minimum absolute atomic E-state index is 0.761. The fraction of sp³-hybridized carbons (Fsp3) is 0.267. The van der Waals surface area contributed by atoms with Crippen LogP contribution in [0.15, 0.2) is 42.6 Å². The predicted molar refractivity (Wildman–Crippen MR) is 79.4 cm³/mol. The quantitative estimate of drug-likeness (QED) is 0.891. The van der Waals surface area contributed by atoms with Crippen LogP contribution >= 0.6 is 0 Å². The van der Waals surface area contributed by atoms with E-state index in [2.05, 4.69) is 46.1 Å². The Bertz CT molecular complexity index is 582. The Balaban J connectivity index is 1.91. The lowest BCUT2D eigenvalue weighted by molar-refractivity contribution is 0.726. The molecule has 98 valence electrons. The lowest BCUT2D eigenvalue weighted by atomic mass is 10.1. The monoisotopic (exact) mass is 254 g/mol. The molecule has 1 aromatic heterocycles. The van der Waals surface area contributed by atoms with Gasteiger partial charge in [0, 0.05) is 26.3 Å². The molecule has 0 saturated carbocycles. The number of likely N-dealkylation sites (N-methyl/N-ethyl adjacent to an activating group) is 1. The van der Waals surface area contributed by atoms with E-state index in [4.69, 9.17) is 5.73 Å². The number of aromatic nitrogens is 1. The van der Waals surface area contributed by atoms with Crippen molar-refractivity contribution in [2.45, 2.75) is 6.54 Å². The summed E-state index contributed by atoms with van der Waals surface area (Å²) in [6.07, 6.45) is 1.80. The smallest absolute Gasteiger partial charge is 0.0825 e. The van der Waals surface area contributed by atoms with E-state index in [1.54, 1.807) is 6.20 Å². The maximum absolute atomic E-state index is 5.99. The lowest BCUT2D eigenvalue weighted by Gasteiger charge is -2.36. The first-order valence-corrected chi connectivity index (χ1v) is 6.50. The number of anilines is 3. The first-order chi connectivity index (χ1) is 9.25. The number of fused-ring (bicyclic) bond motifs is 1. The molecule has 19 heavy (non-hydrogen) atoms. The molecule has 0 atom stereocenters. The SMILES string of the molecule is CN1CCN(Cc2ncccc2N)c2ccccc21. The van der Waals surface area contributed by atoms with E-state index in [-0.39, 0.29) is 0 Å². The van der Waals surface area contributed by atoms with Gasteiger partial charge in [-0.3, -0.25) is 4.98 Å². The van der Waals surface area contributed by atoms with Gasteiger partial charge in [-0.05, 0) is 24.3 Å². The van der Waals surface area contributed by atoms with Gasteiger partial charge in [0.25, 0.3) is 0 Å². The molecule has 0 saturated heterocycles. The zero-order valence-electron chi connectivity index (χ0n) is 11.1. The Morgan fingerprint density at radius 2 is 1.89 bits per heavy atom. The minimum Gasteiger partial charge on any atom is -0.397 e. The van der Waals surface area contributed by atoms with E-state index in [1.165, 1.54) is 11.4 Å². The van der Waals surface area contributed by atoms with Crippen molar-refractivity contribution in [3.8, 4) is 0 Å². The first kappa shape index (κ1) is 11.8. The summed E-state index contributed by atoms with van der Waals surface area (Å²) >= 11 is 0. The summed E-state index contributed by atoms with van der Waals surface area (Å²) in [5, 5.41) is 0. The van der Waals surface area contributed by atoms with Crippen LogP contribution in [0.4, 0.5) is 17.1 Å². The van der Waals surface area contributed by atoms with E-state index >= 15 is 0 Å². The van der Waals surface area contributed by atoms with Gasteiger partial charge in [-0.15, -0.1) is 0 Å². The standard InChI is InChI=1S/C15H18N4/c1-18-9-10-19(15-7-3-2-6-14(15)18)11-13-12(16)5-4-8-17-13/h2-8H,9-11,16H2,1H3. The molecule has 0 unspecified atom stereocenters. The molecule has 1 aliphatic heterocycles. The summed E-state index contributed by atoms with van der Waals surface area (Å²) in [4.78, 5) is 9.01. The van der Waals surface area contributed by atoms with Crippen molar-refractivity contribution >= 4 is 17.1 Å². The van der Waals surface area contributed by atoms with Crippen molar-refractivity contribution in [1.82, 2.24) is 4.98 Å². The molecule has 0 spiro atoms. The summed E-state index contributed by atoms with van der Waals surface area (Å²) in [5.41, 5.74) is 10.2. The van der Waals surface area contributed by atoms with Crippen LogP contribution in [0.5, 0.6) is 0 Å². The van der Waals surface area contributed by atoms with Crippen molar-refractivity contribution in [2.75, 3.05) is 35.7 Å². The average Bonchev–Trinajstić information content (AvgIpc) is 2.44. The summed E-state index contributed by atoms with van der Waals surface area (Å²) < 4.78 is 0. The van der Waals surface area contributed by atoms with E-state index in [9.17, 15) is 0 Å². The van der Waals surface area contributed by atoms with Gasteiger partial charge >= 0.3 is 0 Å². The van der Waals surface area contributed by atoms with Crippen LogP contribution < -0.4 is 15.5 Å².